The van der Waals surface area contributed by atoms with E-state index in [1.807, 2.05) is 6.92 Å². The standard InChI is InChI=1S/C14H21N3O3S/c1-2-4-13(15)14(18)16-11-5-3-6-12(9-11)21(19,20)17-10-7-8-10/h3,5-6,9-10,13,17H,2,4,7-8,15H2,1H3,(H,16,18). The van der Waals surface area contributed by atoms with Gasteiger partial charge in [0.05, 0.1) is 10.9 Å². The molecule has 1 atom stereocenters. The number of hydrogen-bond donors (Lipinski definition) is 3. The van der Waals surface area contributed by atoms with Crippen molar-refractivity contribution in [3.05, 3.63) is 24.3 Å². The van der Waals surface area contributed by atoms with Crippen molar-refractivity contribution in [2.75, 3.05) is 5.32 Å². The molecule has 0 aromatic heterocycles. The summed E-state index contributed by atoms with van der Waals surface area (Å²) in [4.78, 5) is 12.0. The summed E-state index contributed by atoms with van der Waals surface area (Å²) in [5.41, 5.74) is 6.17. The molecule has 0 aliphatic heterocycles. The Balaban J connectivity index is 2.08. The van der Waals surface area contributed by atoms with Gasteiger partial charge in [0.25, 0.3) is 0 Å². The highest BCUT2D eigenvalue weighted by Crippen LogP contribution is 2.23. The largest absolute Gasteiger partial charge is 0.325 e. The lowest BCUT2D eigenvalue weighted by atomic mass is 10.1. The number of sulfonamides is 1. The molecule has 0 radical (unpaired) electrons. The van der Waals surface area contributed by atoms with Crippen LogP contribution in [0, 0.1) is 0 Å². The minimum Gasteiger partial charge on any atom is -0.325 e. The Morgan fingerprint density at radius 2 is 2.14 bits per heavy atom. The summed E-state index contributed by atoms with van der Waals surface area (Å²) in [6, 6.07) is 5.66. The fourth-order valence-electron chi connectivity index (χ4n) is 1.91. The summed E-state index contributed by atoms with van der Waals surface area (Å²) < 4.78 is 26.8. The Labute approximate surface area is 125 Å². The van der Waals surface area contributed by atoms with Gasteiger partial charge in [0.2, 0.25) is 15.9 Å². The Morgan fingerprint density at radius 3 is 2.76 bits per heavy atom. The lowest BCUT2D eigenvalue weighted by molar-refractivity contribution is -0.117. The molecule has 1 fully saturated rings. The summed E-state index contributed by atoms with van der Waals surface area (Å²) in [6.07, 6.45) is 3.16. The second-order valence-electron chi connectivity index (χ2n) is 5.31. The molecular formula is C14H21N3O3S. The van der Waals surface area contributed by atoms with Crippen molar-refractivity contribution >= 4 is 21.6 Å². The molecule has 2 rings (SSSR count). The number of nitrogens with two attached hydrogens (primary N) is 1. The monoisotopic (exact) mass is 311 g/mol. The van der Waals surface area contributed by atoms with Crippen LogP contribution in [-0.4, -0.2) is 26.4 Å². The van der Waals surface area contributed by atoms with E-state index >= 15 is 0 Å². The molecule has 1 aliphatic carbocycles. The Hall–Kier alpha value is -1.44. The maximum absolute atomic E-state index is 12.1. The fourth-order valence-corrected chi connectivity index (χ4v) is 3.26. The summed E-state index contributed by atoms with van der Waals surface area (Å²) >= 11 is 0. The third-order valence-electron chi connectivity index (χ3n) is 3.25. The molecule has 116 valence electrons. The van der Waals surface area contributed by atoms with Gasteiger partial charge in [-0.15, -0.1) is 0 Å². The first-order valence-electron chi connectivity index (χ1n) is 7.11. The molecule has 1 aliphatic rings. The molecule has 1 aromatic rings. The number of carbonyl (C=O) groups excluding carboxylic acids is 1. The number of nitrogens with one attached hydrogen (secondary N) is 2. The van der Waals surface area contributed by atoms with E-state index < -0.39 is 16.1 Å². The molecule has 0 bridgehead atoms. The van der Waals surface area contributed by atoms with Crippen molar-refractivity contribution < 1.29 is 13.2 Å². The van der Waals surface area contributed by atoms with Crippen molar-refractivity contribution in [1.29, 1.82) is 0 Å². The molecule has 0 saturated heterocycles. The van der Waals surface area contributed by atoms with Gasteiger partial charge >= 0.3 is 0 Å². The molecular weight excluding hydrogens is 290 g/mol. The van der Waals surface area contributed by atoms with Gasteiger partial charge in [0, 0.05) is 11.7 Å². The van der Waals surface area contributed by atoms with E-state index in [1.54, 1.807) is 12.1 Å². The van der Waals surface area contributed by atoms with Gasteiger partial charge in [-0.2, -0.15) is 0 Å². The molecule has 1 aromatic carbocycles. The highest BCUT2D eigenvalue weighted by atomic mass is 32.2. The van der Waals surface area contributed by atoms with Crippen molar-refractivity contribution in [3.8, 4) is 0 Å². The number of benzene rings is 1. The topological polar surface area (TPSA) is 101 Å². The van der Waals surface area contributed by atoms with Crippen molar-refractivity contribution in [3.63, 3.8) is 0 Å². The summed E-state index contributed by atoms with van der Waals surface area (Å²) in [7, 11) is -3.52. The molecule has 1 unspecified atom stereocenters. The van der Waals surface area contributed by atoms with Gasteiger partial charge in [0.15, 0.2) is 0 Å². The van der Waals surface area contributed by atoms with Gasteiger partial charge in [-0.1, -0.05) is 19.4 Å². The van der Waals surface area contributed by atoms with Crippen molar-refractivity contribution in [1.82, 2.24) is 4.72 Å². The molecule has 6 nitrogen and oxygen atoms in total. The van der Waals surface area contributed by atoms with Gasteiger partial charge in [-0.3, -0.25) is 4.79 Å². The van der Waals surface area contributed by atoms with E-state index in [-0.39, 0.29) is 16.8 Å². The normalized spacial score (nSPS) is 16.5. The smallest absolute Gasteiger partial charge is 0.241 e. The number of rotatable bonds is 7. The molecule has 1 saturated carbocycles. The van der Waals surface area contributed by atoms with Crippen LogP contribution in [0.3, 0.4) is 0 Å². The summed E-state index contributed by atoms with van der Waals surface area (Å²) in [5, 5.41) is 2.65. The predicted molar refractivity (Wildman–Crippen MR) is 81.3 cm³/mol. The SMILES string of the molecule is CCCC(N)C(=O)Nc1cccc(S(=O)(=O)NC2CC2)c1. The van der Waals surface area contributed by atoms with E-state index in [9.17, 15) is 13.2 Å². The highest BCUT2D eigenvalue weighted by Gasteiger charge is 2.28. The van der Waals surface area contributed by atoms with E-state index in [2.05, 4.69) is 10.0 Å². The van der Waals surface area contributed by atoms with Crippen LogP contribution in [-0.2, 0) is 14.8 Å². The average Bonchev–Trinajstić information content (AvgIpc) is 3.22. The lowest BCUT2D eigenvalue weighted by Gasteiger charge is -2.12. The first-order chi connectivity index (χ1) is 9.92. The zero-order chi connectivity index (χ0) is 15.5. The van der Waals surface area contributed by atoms with Crippen LogP contribution in [0.4, 0.5) is 5.69 Å². The minimum atomic E-state index is -3.52. The number of amides is 1. The van der Waals surface area contributed by atoms with E-state index in [1.165, 1.54) is 12.1 Å². The van der Waals surface area contributed by atoms with Gasteiger partial charge in [0.1, 0.15) is 0 Å². The molecule has 1 amide bonds. The zero-order valence-corrected chi connectivity index (χ0v) is 12.8. The van der Waals surface area contributed by atoms with E-state index in [4.69, 9.17) is 5.73 Å². The Kier molecular flexibility index (Phi) is 4.97. The van der Waals surface area contributed by atoms with Crippen LogP contribution in [0.2, 0.25) is 0 Å². The van der Waals surface area contributed by atoms with Gasteiger partial charge < -0.3 is 11.1 Å². The third kappa shape index (κ3) is 4.52. The van der Waals surface area contributed by atoms with Crippen LogP contribution in [0.1, 0.15) is 32.6 Å². The summed E-state index contributed by atoms with van der Waals surface area (Å²) in [5.74, 6) is -0.304. The second kappa shape index (κ2) is 6.55. The third-order valence-corrected chi connectivity index (χ3v) is 4.77. The Morgan fingerprint density at radius 1 is 1.43 bits per heavy atom. The first-order valence-corrected chi connectivity index (χ1v) is 8.59. The highest BCUT2D eigenvalue weighted by molar-refractivity contribution is 7.89. The van der Waals surface area contributed by atoms with Gasteiger partial charge in [-0.25, -0.2) is 13.1 Å². The first kappa shape index (κ1) is 15.9. The van der Waals surface area contributed by atoms with Crippen molar-refractivity contribution in [2.24, 2.45) is 5.73 Å². The second-order valence-corrected chi connectivity index (χ2v) is 7.02. The van der Waals surface area contributed by atoms with Crippen molar-refractivity contribution in [2.45, 2.75) is 49.6 Å². The lowest BCUT2D eigenvalue weighted by Crippen LogP contribution is -2.35. The van der Waals surface area contributed by atoms with Crippen LogP contribution >= 0.6 is 0 Å². The maximum atomic E-state index is 12.1. The van der Waals surface area contributed by atoms with Gasteiger partial charge in [-0.05, 0) is 37.5 Å². The van der Waals surface area contributed by atoms with Crippen LogP contribution < -0.4 is 15.8 Å². The van der Waals surface area contributed by atoms with E-state index in [0.29, 0.717) is 12.1 Å². The fraction of sp³-hybridized carbons (Fsp3) is 0.500. The molecule has 7 heteroatoms. The maximum Gasteiger partial charge on any atom is 0.241 e. The molecule has 21 heavy (non-hydrogen) atoms. The Bertz CT molecular complexity index is 612. The minimum absolute atomic E-state index is 0.0474. The zero-order valence-electron chi connectivity index (χ0n) is 12.0. The average molecular weight is 311 g/mol. The predicted octanol–water partition coefficient (Wildman–Crippen LogP) is 1.19. The van der Waals surface area contributed by atoms with Crippen LogP contribution in [0.5, 0.6) is 0 Å². The summed E-state index contributed by atoms with van der Waals surface area (Å²) in [6.45, 7) is 1.95. The molecule has 0 spiro atoms. The number of hydrogen-bond acceptors (Lipinski definition) is 4. The van der Waals surface area contributed by atoms with Crippen LogP contribution in [0.15, 0.2) is 29.2 Å². The number of anilines is 1. The van der Waals surface area contributed by atoms with Crippen LogP contribution in [0.25, 0.3) is 0 Å². The molecule has 4 N–H and O–H groups in total. The quantitative estimate of drug-likeness (QED) is 0.704. The number of carbonyl (C=O) groups is 1. The van der Waals surface area contributed by atoms with E-state index in [0.717, 1.165) is 19.3 Å². The molecule has 0 heterocycles.